The van der Waals surface area contributed by atoms with Crippen molar-refractivity contribution in [1.82, 2.24) is 4.90 Å². The van der Waals surface area contributed by atoms with Gasteiger partial charge in [0.05, 0.1) is 0 Å². The molecule has 2 aromatic carbocycles. The van der Waals surface area contributed by atoms with Crippen molar-refractivity contribution in [2.75, 3.05) is 5.32 Å². The number of rotatable bonds is 7. The predicted octanol–water partition coefficient (Wildman–Crippen LogP) is 5.97. The molecule has 1 unspecified atom stereocenters. The molecule has 0 saturated carbocycles. The molecule has 0 aliphatic heterocycles. The average Bonchev–Trinajstić information content (AvgIpc) is 2.67. The molecule has 174 valence electrons. The molecule has 0 saturated heterocycles. The number of carbonyl (C=O) groups is 2. The summed E-state index contributed by atoms with van der Waals surface area (Å²) in [5, 5.41) is 22.7. The van der Waals surface area contributed by atoms with Gasteiger partial charge in [-0.25, -0.2) is 4.79 Å². The van der Waals surface area contributed by atoms with Gasteiger partial charge in [0, 0.05) is 17.6 Å². The van der Waals surface area contributed by atoms with Gasteiger partial charge in [-0.15, -0.1) is 0 Å². The Hall–Kier alpha value is -3.02. The van der Waals surface area contributed by atoms with E-state index in [-0.39, 0.29) is 29.9 Å². The van der Waals surface area contributed by atoms with E-state index < -0.39 is 17.7 Å². The minimum atomic E-state index is -1.15. The van der Waals surface area contributed by atoms with Gasteiger partial charge in [-0.3, -0.25) is 9.69 Å². The number of carboxylic acid groups (broad SMARTS) is 1. The highest BCUT2D eigenvalue weighted by molar-refractivity contribution is 5.98. The number of hydrogen-bond acceptors (Lipinski definition) is 3. The van der Waals surface area contributed by atoms with Crippen LogP contribution in [0.15, 0.2) is 42.5 Å². The van der Waals surface area contributed by atoms with Crippen LogP contribution in [0.3, 0.4) is 0 Å². The van der Waals surface area contributed by atoms with Gasteiger partial charge >= 0.3 is 6.09 Å². The molecule has 0 spiro atoms. The summed E-state index contributed by atoms with van der Waals surface area (Å²) in [6, 6.07) is 11.5. The second-order valence-corrected chi connectivity index (χ2v) is 9.82. The summed E-state index contributed by atoms with van der Waals surface area (Å²) in [5.41, 5.74) is 2.77. The van der Waals surface area contributed by atoms with Crippen molar-refractivity contribution in [2.45, 2.75) is 78.3 Å². The van der Waals surface area contributed by atoms with E-state index in [1.807, 2.05) is 18.2 Å². The van der Waals surface area contributed by atoms with E-state index >= 15 is 0 Å². The summed E-state index contributed by atoms with van der Waals surface area (Å²) in [4.78, 5) is 27.1. The minimum absolute atomic E-state index is 0.119. The Balaban J connectivity index is 2.53. The van der Waals surface area contributed by atoms with E-state index in [1.165, 1.54) is 17.0 Å². The van der Waals surface area contributed by atoms with Crippen LogP contribution in [0.4, 0.5) is 10.5 Å². The summed E-state index contributed by atoms with van der Waals surface area (Å²) < 4.78 is 0. The van der Waals surface area contributed by atoms with E-state index in [1.54, 1.807) is 32.9 Å². The molecule has 1 atom stereocenters. The highest BCUT2D eigenvalue weighted by Gasteiger charge is 2.38. The number of amides is 2. The normalized spacial score (nSPS) is 12.7. The first kappa shape index (κ1) is 25.2. The van der Waals surface area contributed by atoms with Crippen molar-refractivity contribution in [1.29, 1.82) is 0 Å². The molecule has 0 radical (unpaired) electrons. The molecule has 0 aliphatic carbocycles. The summed E-state index contributed by atoms with van der Waals surface area (Å²) in [5.74, 6) is 0.133. The lowest BCUT2D eigenvalue weighted by Crippen LogP contribution is -2.56. The molecule has 6 nitrogen and oxygen atoms in total. The van der Waals surface area contributed by atoms with Crippen molar-refractivity contribution < 1.29 is 19.8 Å². The molecule has 0 fully saturated rings. The predicted molar refractivity (Wildman–Crippen MR) is 128 cm³/mol. The third-order valence-electron chi connectivity index (χ3n) is 5.53. The van der Waals surface area contributed by atoms with Crippen molar-refractivity contribution in [2.24, 2.45) is 0 Å². The number of para-hydroxylation sites is 1. The van der Waals surface area contributed by atoms with Crippen LogP contribution in [0.5, 0.6) is 5.75 Å². The van der Waals surface area contributed by atoms with Gasteiger partial charge in [-0.1, -0.05) is 58.0 Å². The first-order valence-electron chi connectivity index (χ1n) is 11.1. The van der Waals surface area contributed by atoms with Gasteiger partial charge in [-0.05, 0) is 61.4 Å². The Labute approximate surface area is 191 Å². The fourth-order valence-electron chi connectivity index (χ4n) is 3.95. The van der Waals surface area contributed by atoms with Gasteiger partial charge in [0.1, 0.15) is 11.8 Å². The molecule has 2 rings (SSSR count). The Morgan fingerprint density at radius 1 is 0.938 bits per heavy atom. The zero-order chi connectivity index (χ0) is 24.2. The number of aromatic hydroxyl groups is 1. The maximum atomic E-state index is 13.7. The highest BCUT2D eigenvalue weighted by atomic mass is 16.4. The molecule has 0 aromatic heterocycles. The topological polar surface area (TPSA) is 89.9 Å². The van der Waals surface area contributed by atoms with Gasteiger partial charge in [0.15, 0.2) is 0 Å². The van der Waals surface area contributed by atoms with E-state index in [2.05, 4.69) is 33.0 Å². The van der Waals surface area contributed by atoms with E-state index in [0.29, 0.717) is 0 Å². The lowest BCUT2D eigenvalue weighted by Gasteiger charge is -2.39. The number of phenols is 1. The first-order chi connectivity index (χ1) is 14.8. The summed E-state index contributed by atoms with van der Waals surface area (Å²) >= 11 is 0. The van der Waals surface area contributed by atoms with Gasteiger partial charge in [-0.2, -0.15) is 0 Å². The van der Waals surface area contributed by atoms with Crippen LogP contribution < -0.4 is 5.32 Å². The Kier molecular flexibility index (Phi) is 7.94. The SMILES string of the molecule is CC(C)c1cccc(C(C)C)c1NC(=O)C(Cc1ccc(O)cc1)N(C(=O)O)C(C)(C)C. The van der Waals surface area contributed by atoms with E-state index in [9.17, 15) is 19.8 Å². The number of benzene rings is 2. The van der Waals surface area contributed by atoms with Crippen LogP contribution in [-0.2, 0) is 11.2 Å². The van der Waals surface area contributed by atoms with Gasteiger partial charge in [0.25, 0.3) is 0 Å². The Bertz CT molecular complexity index is 917. The average molecular weight is 441 g/mol. The largest absolute Gasteiger partial charge is 0.508 e. The molecular weight excluding hydrogens is 404 g/mol. The Morgan fingerprint density at radius 2 is 1.44 bits per heavy atom. The molecule has 2 aromatic rings. The van der Waals surface area contributed by atoms with Gasteiger partial charge < -0.3 is 15.5 Å². The number of nitrogens with one attached hydrogen (secondary N) is 1. The first-order valence-corrected chi connectivity index (χ1v) is 11.1. The molecule has 3 N–H and O–H groups in total. The highest BCUT2D eigenvalue weighted by Crippen LogP contribution is 2.33. The van der Waals surface area contributed by atoms with Crippen LogP contribution >= 0.6 is 0 Å². The lowest BCUT2D eigenvalue weighted by atomic mass is 9.92. The summed E-state index contributed by atoms with van der Waals surface area (Å²) in [6.45, 7) is 13.6. The van der Waals surface area contributed by atoms with Crippen molar-refractivity contribution in [3.63, 3.8) is 0 Å². The maximum Gasteiger partial charge on any atom is 0.408 e. The van der Waals surface area contributed by atoms with Gasteiger partial charge in [0.2, 0.25) is 5.91 Å². The third kappa shape index (κ3) is 6.02. The Morgan fingerprint density at radius 3 is 1.84 bits per heavy atom. The lowest BCUT2D eigenvalue weighted by molar-refractivity contribution is -0.122. The quantitative estimate of drug-likeness (QED) is 0.495. The number of nitrogens with zero attached hydrogens (tertiary/aromatic N) is 1. The summed E-state index contributed by atoms with van der Waals surface area (Å²) in [7, 11) is 0. The fourth-order valence-corrected chi connectivity index (χ4v) is 3.95. The zero-order valence-electron chi connectivity index (χ0n) is 20.1. The second kappa shape index (κ2) is 10.1. The smallest absolute Gasteiger partial charge is 0.408 e. The maximum absolute atomic E-state index is 13.7. The van der Waals surface area contributed by atoms with Crippen molar-refractivity contribution >= 4 is 17.7 Å². The molecule has 6 heteroatoms. The molecule has 2 amide bonds. The van der Waals surface area contributed by atoms with Crippen LogP contribution in [0.1, 0.15) is 77.0 Å². The molecule has 32 heavy (non-hydrogen) atoms. The van der Waals surface area contributed by atoms with Crippen LogP contribution in [0.25, 0.3) is 0 Å². The van der Waals surface area contributed by atoms with Crippen molar-refractivity contribution in [3.05, 3.63) is 59.2 Å². The van der Waals surface area contributed by atoms with Crippen molar-refractivity contribution in [3.8, 4) is 5.75 Å². The molecule has 0 heterocycles. The number of phenolic OH excluding ortho intramolecular Hbond substituents is 1. The van der Waals surface area contributed by atoms with E-state index in [0.717, 1.165) is 22.4 Å². The molecule has 0 bridgehead atoms. The number of carbonyl (C=O) groups excluding carboxylic acids is 1. The zero-order valence-corrected chi connectivity index (χ0v) is 20.1. The van der Waals surface area contributed by atoms with Crippen LogP contribution in [0, 0.1) is 0 Å². The van der Waals surface area contributed by atoms with E-state index in [4.69, 9.17) is 0 Å². The fraction of sp³-hybridized carbons (Fsp3) is 0.462. The van der Waals surface area contributed by atoms with Crippen LogP contribution in [-0.4, -0.2) is 38.7 Å². The number of hydrogen-bond donors (Lipinski definition) is 3. The minimum Gasteiger partial charge on any atom is -0.508 e. The standard InChI is InChI=1S/C26H36N2O4/c1-16(2)20-9-8-10-21(17(3)4)23(20)27-24(30)22(28(25(31)32)26(5,6)7)15-18-11-13-19(29)14-12-18/h8-14,16-17,22,29H,15H2,1-7H3,(H,27,30)(H,31,32). The molecule has 0 aliphatic rings. The summed E-state index contributed by atoms with van der Waals surface area (Å²) in [6.07, 6.45) is -0.964. The monoisotopic (exact) mass is 440 g/mol. The van der Waals surface area contributed by atoms with Crippen LogP contribution in [0.2, 0.25) is 0 Å². The molecular formula is C26H36N2O4. The second-order valence-electron chi connectivity index (χ2n) is 9.82. The number of anilines is 1. The third-order valence-corrected chi connectivity index (χ3v) is 5.53.